The molecule has 2 N–H and O–H groups in total. The normalized spacial score (nSPS) is 13.5. The predicted molar refractivity (Wildman–Crippen MR) is 114 cm³/mol. The summed E-state index contributed by atoms with van der Waals surface area (Å²) in [7, 11) is 0. The smallest absolute Gasteiger partial charge is 0.226 e. The third kappa shape index (κ3) is 4.83. The van der Waals surface area contributed by atoms with Gasteiger partial charge in [-0.15, -0.1) is 0 Å². The molecule has 0 aliphatic carbocycles. The fourth-order valence-electron chi connectivity index (χ4n) is 3.81. The summed E-state index contributed by atoms with van der Waals surface area (Å²) in [5.41, 5.74) is 3.76. The van der Waals surface area contributed by atoms with Crippen LogP contribution in [-0.4, -0.2) is 27.9 Å². The van der Waals surface area contributed by atoms with Crippen LogP contribution in [0.3, 0.4) is 0 Å². The van der Waals surface area contributed by atoms with Gasteiger partial charge in [0.2, 0.25) is 11.8 Å². The van der Waals surface area contributed by atoms with Gasteiger partial charge in [-0.3, -0.25) is 9.59 Å². The first-order chi connectivity index (χ1) is 14.2. The van der Waals surface area contributed by atoms with Crippen molar-refractivity contribution in [3.63, 3.8) is 0 Å². The van der Waals surface area contributed by atoms with E-state index in [1.807, 2.05) is 48.5 Å². The number of hydrogen-bond acceptors (Lipinski definition) is 3. The minimum absolute atomic E-state index is 0.0788. The van der Waals surface area contributed by atoms with Crippen molar-refractivity contribution in [3.05, 3.63) is 59.9 Å². The van der Waals surface area contributed by atoms with Crippen molar-refractivity contribution in [2.75, 3.05) is 11.9 Å². The number of aromatic nitrogens is 2. The number of benzene rings is 2. The van der Waals surface area contributed by atoms with E-state index in [1.54, 1.807) is 0 Å². The molecule has 0 unspecified atom stereocenters. The van der Waals surface area contributed by atoms with Gasteiger partial charge in [0.15, 0.2) is 0 Å². The molecule has 2 amide bonds. The molecule has 0 bridgehead atoms. The lowest BCUT2D eigenvalue weighted by molar-refractivity contribution is -0.120. The van der Waals surface area contributed by atoms with E-state index in [4.69, 9.17) is 4.98 Å². The van der Waals surface area contributed by atoms with Gasteiger partial charge in [0.05, 0.1) is 17.5 Å². The number of hydrogen-bond donors (Lipinski definition) is 2. The Hall–Kier alpha value is -3.15. The molecule has 3 aromatic rings. The van der Waals surface area contributed by atoms with E-state index in [0.717, 1.165) is 41.1 Å². The average Bonchev–Trinajstić information content (AvgIpc) is 2.88. The molecule has 6 heteroatoms. The van der Waals surface area contributed by atoms with Crippen LogP contribution in [0.4, 0.5) is 5.69 Å². The van der Waals surface area contributed by atoms with E-state index < -0.39 is 0 Å². The molecule has 1 aliphatic rings. The monoisotopic (exact) mass is 390 g/mol. The molecule has 29 heavy (non-hydrogen) atoms. The molecule has 0 saturated carbocycles. The van der Waals surface area contributed by atoms with Gasteiger partial charge in [-0.2, -0.15) is 0 Å². The van der Waals surface area contributed by atoms with Gasteiger partial charge in [0.25, 0.3) is 0 Å². The summed E-state index contributed by atoms with van der Waals surface area (Å²) in [6, 6.07) is 15.5. The van der Waals surface area contributed by atoms with Crippen molar-refractivity contribution in [1.82, 2.24) is 14.9 Å². The minimum atomic E-state index is -0.120. The Bertz CT molecular complexity index is 1010. The van der Waals surface area contributed by atoms with Crippen molar-refractivity contribution >= 4 is 28.5 Å². The topological polar surface area (TPSA) is 76.0 Å². The molecular formula is C23H26N4O2. The highest BCUT2D eigenvalue weighted by Crippen LogP contribution is 2.24. The number of nitrogens with zero attached hydrogens (tertiary/aromatic N) is 2. The minimum Gasteiger partial charge on any atom is -0.355 e. The summed E-state index contributed by atoms with van der Waals surface area (Å²) in [5.74, 6) is 0.942. The van der Waals surface area contributed by atoms with Crippen LogP contribution in [0.15, 0.2) is 48.5 Å². The zero-order valence-corrected chi connectivity index (χ0v) is 16.5. The Morgan fingerprint density at radius 1 is 1.00 bits per heavy atom. The molecule has 0 saturated heterocycles. The number of imidazole rings is 1. The van der Waals surface area contributed by atoms with Crippen molar-refractivity contribution in [2.24, 2.45) is 0 Å². The fourth-order valence-corrected chi connectivity index (χ4v) is 3.81. The van der Waals surface area contributed by atoms with Crippen LogP contribution in [0.1, 0.15) is 37.1 Å². The van der Waals surface area contributed by atoms with Crippen LogP contribution in [0.5, 0.6) is 0 Å². The first-order valence-corrected chi connectivity index (χ1v) is 10.3. The first-order valence-electron chi connectivity index (χ1n) is 10.3. The maximum absolute atomic E-state index is 12.2. The van der Waals surface area contributed by atoms with Gasteiger partial charge in [-0.25, -0.2) is 4.98 Å². The lowest BCUT2D eigenvalue weighted by Crippen LogP contribution is -2.28. The number of carbonyl (C=O) groups is 2. The second kappa shape index (κ2) is 8.90. The molecule has 1 aliphatic heterocycles. The molecule has 0 atom stereocenters. The highest BCUT2D eigenvalue weighted by Gasteiger charge is 2.14. The van der Waals surface area contributed by atoms with Crippen LogP contribution in [-0.2, 0) is 29.0 Å². The quantitative estimate of drug-likeness (QED) is 0.677. The summed E-state index contributed by atoms with van der Waals surface area (Å²) in [6.07, 6.45) is 5.19. The van der Waals surface area contributed by atoms with Gasteiger partial charge in [-0.1, -0.05) is 36.8 Å². The van der Waals surface area contributed by atoms with Crippen LogP contribution in [0, 0.1) is 0 Å². The number of aryl methyl sites for hydroxylation is 2. The van der Waals surface area contributed by atoms with Gasteiger partial charge in [0.1, 0.15) is 5.82 Å². The molecule has 2 heterocycles. The Labute approximate surface area is 170 Å². The Kier molecular flexibility index (Phi) is 5.89. The SMILES string of the molecule is O=C(Cc1ccccc1)NCCC(=O)Nc1ccc2c(c1)nc1n2CCCCC1. The van der Waals surface area contributed by atoms with Crippen LogP contribution in [0.25, 0.3) is 11.0 Å². The fraction of sp³-hybridized carbons (Fsp3) is 0.348. The summed E-state index contributed by atoms with van der Waals surface area (Å²) in [4.78, 5) is 29.0. The second-order valence-electron chi connectivity index (χ2n) is 7.50. The molecular weight excluding hydrogens is 364 g/mol. The maximum Gasteiger partial charge on any atom is 0.226 e. The van der Waals surface area contributed by atoms with E-state index >= 15 is 0 Å². The van der Waals surface area contributed by atoms with E-state index in [2.05, 4.69) is 15.2 Å². The zero-order chi connectivity index (χ0) is 20.1. The van der Waals surface area contributed by atoms with E-state index in [1.165, 1.54) is 19.3 Å². The zero-order valence-electron chi connectivity index (χ0n) is 16.5. The summed E-state index contributed by atoms with van der Waals surface area (Å²) < 4.78 is 2.30. The van der Waals surface area contributed by atoms with E-state index in [9.17, 15) is 9.59 Å². The molecule has 4 rings (SSSR count). The molecule has 6 nitrogen and oxygen atoms in total. The number of fused-ring (bicyclic) bond motifs is 3. The third-order valence-corrected chi connectivity index (χ3v) is 5.27. The van der Waals surface area contributed by atoms with Gasteiger partial charge in [-0.05, 0) is 36.6 Å². The third-order valence-electron chi connectivity index (χ3n) is 5.27. The second-order valence-corrected chi connectivity index (χ2v) is 7.50. The highest BCUT2D eigenvalue weighted by molar-refractivity contribution is 5.93. The largest absolute Gasteiger partial charge is 0.355 e. The standard InChI is InChI=1S/C23H26N4O2/c28-22(12-13-24-23(29)15-17-7-3-1-4-8-17)25-18-10-11-20-19(16-18)26-21-9-5-2-6-14-27(20)21/h1,3-4,7-8,10-11,16H,2,5-6,9,12-15H2,(H,24,29)(H,25,28). The maximum atomic E-state index is 12.2. The number of nitrogens with one attached hydrogen (secondary N) is 2. The molecule has 0 radical (unpaired) electrons. The van der Waals surface area contributed by atoms with E-state index in [-0.39, 0.29) is 18.2 Å². The molecule has 2 aromatic carbocycles. The summed E-state index contributed by atoms with van der Waals surface area (Å²) in [5, 5.41) is 5.71. The van der Waals surface area contributed by atoms with Crippen LogP contribution >= 0.6 is 0 Å². The number of amides is 2. The van der Waals surface area contributed by atoms with Gasteiger partial charge in [0, 0.05) is 31.6 Å². The van der Waals surface area contributed by atoms with Crippen molar-refractivity contribution < 1.29 is 9.59 Å². The van der Waals surface area contributed by atoms with Gasteiger partial charge < -0.3 is 15.2 Å². The lowest BCUT2D eigenvalue weighted by atomic mass is 10.1. The van der Waals surface area contributed by atoms with Gasteiger partial charge >= 0.3 is 0 Å². The summed E-state index contributed by atoms with van der Waals surface area (Å²) in [6.45, 7) is 1.33. The van der Waals surface area contributed by atoms with Crippen molar-refractivity contribution in [1.29, 1.82) is 0 Å². The van der Waals surface area contributed by atoms with E-state index in [0.29, 0.717) is 13.0 Å². The average molecular weight is 390 g/mol. The molecule has 1 aromatic heterocycles. The number of rotatable bonds is 6. The number of carbonyl (C=O) groups excluding carboxylic acids is 2. The van der Waals surface area contributed by atoms with Crippen LogP contribution < -0.4 is 10.6 Å². The van der Waals surface area contributed by atoms with Crippen LogP contribution in [0.2, 0.25) is 0 Å². The predicted octanol–water partition coefficient (Wildman–Crippen LogP) is 3.45. The molecule has 0 fully saturated rings. The molecule has 150 valence electrons. The van der Waals surface area contributed by atoms with Crippen molar-refractivity contribution in [2.45, 2.75) is 45.1 Å². The Morgan fingerprint density at radius 2 is 1.86 bits per heavy atom. The lowest BCUT2D eigenvalue weighted by Gasteiger charge is -2.08. The first kappa shape index (κ1) is 19.2. The Balaban J connectivity index is 1.29. The van der Waals surface area contributed by atoms with Crippen molar-refractivity contribution in [3.8, 4) is 0 Å². The summed E-state index contributed by atoms with van der Waals surface area (Å²) >= 11 is 0. The molecule has 0 spiro atoms. The highest BCUT2D eigenvalue weighted by atomic mass is 16.2. The number of anilines is 1. The Morgan fingerprint density at radius 3 is 2.72 bits per heavy atom.